The van der Waals surface area contributed by atoms with E-state index in [-0.39, 0.29) is 0 Å². The predicted molar refractivity (Wildman–Crippen MR) is 116 cm³/mol. The maximum absolute atomic E-state index is 10.2. The lowest BCUT2D eigenvalue weighted by molar-refractivity contribution is 0.000901. The van der Waals surface area contributed by atoms with Crippen molar-refractivity contribution in [1.82, 2.24) is 19.9 Å². The number of benzene rings is 1. The van der Waals surface area contributed by atoms with Crippen LogP contribution in [-0.2, 0) is 17.9 Å². The van der Waals surface area contributed by atoms with Gasteiger partial charge in [-0.2, -0.15) is 4.98 Å². The minimum absolute atomic E-state index is 0.355. The third kappa shape index (κ3) is 6.10. The summed E-state index contributed by atoms with van der Waals surface area (Å²) in [5.74, 6) is 1.18. The molecule has 4 rings (SSSR count). The van der Waals surface area contributed by atoms with Crippen LogP contribution in [0.25, 0.3) is 11.4 Å². The highest BCUT2D eigenvalue weighted by molar-refractivity contribution is 7.09. The highest BCUT2D eigenvalue weighted by Gasteiger charge is 2.21. The lowest BCUT2D eigenvalue weighted by Crippen LogP contribution is -2.48. The second kappa shape index (κ2) is 10.5. The summed E-state index contributed by atoms with van der Waals surface area (Å²) in [6, 6.07) is 11.4. The molecule has 1 aromatic carbocycles. The molecular formula is C21H25ClN4O3S. The fraction of sp³-hybridized carbons (Fsp3) is 0.429. The molecule has 2 aromatic heterocycles. The maximum Gasteiger partial charge on any atom is 0.241 e. The summed E-state index contributed by atoms with van der Waals surface area (Å²) in [4.78, 5) is 10.2. The van der Waals surface area contributed by atoms with Gasteiger partial charge in [-0.05, 0) is 35.7 Å². The standard InChI is InChI=1S/C21H25ClN4O3S/c22-17-5-3-16(4-6-17)21-23-20(29-24-21)13-26-9-7-25(8-10-26)12-18(27)14-28-15-19-2-1-11-30-19/h1-6,11,18,27H,7-10,12-15H2. The fourth-order valence-electron chi connectivity index (χ4n) is 3.40. The Hall–Kier alpha value is -1.81. The van der Waals surface area contributed by atoms with Crippen LogP contribution in [-0.4, -0.2) is 70.5 Å². The molecule has 3 heterocycles. The number of halogens is 1. The number of ether oxygens (including phenoxy) is 1. The van der Waals surface area contributed by atoms with Gasteiger partial charge in [0.2, 0.25) is 11.7 Å². The first kappa shape index (κ1) is 21.4. The van der Waals surface area contributed by atoms with Crippen LogP contribution in [0.4, 0.5) is 0 Å². The van der Waals surface area contributed by atoms with E-state index in [1.165, 1.54) is 4.88 Å². The smallest absolute Gasteiger partial charge is 0.241 e. The average Bonchev–Trinajstić information content (AvgIpc) is 3.42. The van der Waals surface area contributed by atoms with Crippen LogP contribution in [0.3, 0.4) is 0 Å². The lowest BCUT2D eigenvalue weighted by atomic mass is 10.2. The number of hydrogen-bond donors (Lipinski definition) is 1. The fourth-order valence-corrected chi connectivity index (χ4v) is 4.16. The van der Waals surface area contributed by atoms with Crippen LogP contribution in [0.1, 0.15) is 10.8 Å². The Bertz CT molecular complexity index is 895. The van der Waals surface area contributed by atoms with Crippen molar-refractivity contribution in [2.45, 2.75) is 19.3 Å². The second-order valence-corrected chi connectivity index (χ2v) is 8.81. The van der Waals surface area contributed by atoms with Crippen molar-refractivity contribution < 1.29 is 14.4 Å². The van der Waals surface area contributed by atoms with E-state index >= 15 is 0 Å². The van der Waals surface area contributed by atoms with Gasteiger partial charge in [0.25, 0.3) is 0 Å². The van der Waals surface area contributed by atoms with Crippen molar-refractivity contribution in [3.63, 3.8) is 0 Å². The van der Waals surface area contributed by atoms with E-state index in [0.717, 1.165) is 31.7 Å². The number of rotatable bonds is 9. The Morgan fingerprint density at radius 2 is 1.90 bits per heavy atom. The van der Waals surface area contributed by atoms with Crippen LogP contribution < -0.4 is 0 Å². The minimum atomic E-state index is -0.477. The number of nitrogens with zero attached hydrogens (tertiary/aromatic N) is 4. The molecule has 0 radical (unpaired) electrons. The van der Waals surface area contributed by atoms with Gasteiger partial charge in [0, 0.05) is 48.2 Å². The van der Waals surface area contributed by atoms with E-state index in [0.29, 0.717) is 43.0 Å². The number of β-amino-alcohol motifs (C(OH)–C–C–N with tert-alkyl or cyclic N) is 1. The molecule has 160 valence electrons. The van der Waals surface area contributed by atoms with E-state index in [9.17, 15) is 5.11 Å². The first-order chi connectivity index (χ1) is 14.7. The Balaban J connectivity index is 1.17. The third-order valence-electron chi connectivity index (χ3n) is 5.00. The van der Waals surface area contributed by atoms with Gasteiger partial charge < -0.3 is 14.4 Å². The van der Waals surface area contributed by atoms with Crippen LogP contribution in [0.5, 0.6) is 0 Å². The first-order valence-corrected chi connectivity index (χ1v) is 11.2. The summed E-state index contributed by atoms with van der Waals surface area (Å²) < 4.78 is 11.0. The Kier molecular flexibility index (Phi) is 7.48. The lowest BCUT2D eigenvalue weighted by Gasteiger charge is -2.34. The van der Waals surface area contributed by atoms with Gasteiger partial charge in [-0.15, -0.1) is 11.3 Å². The molecule has 1 aliphatic rings. The molecule has 0 spiro atoms. The molecule has 0 saturated carbocycles. The number of hydrogen-bond acceptors (Lipinski definition) is 8. The van der Waals surface area contributed by atoms with Crippen LogP contribution in [0.2, 0.25) is 5.02 Å². The molecule has 7 nitrogen and oxygen atoms in total. The van der Waals surface area contributed by atoms with Crippen molar-refractivity contribution in [1.29, 1.82) is 0 Å². The van der Waals surface area contributed by atoms with Crippen LogP contribution >= 0.6 is 22.9 Å². The number of aliphatic hydroxyl groups excluding tert-OH is 1. The largest absolute Gasteiger partial charge is 0.389 e. The molecule has 1 N–H and O–H groups in total. The number of aliphatic hydroxyl groups is 1. The average molecular weight is 449 g/mol. The number of aromatic nitrogens is 2. The molecular weight excluding hydrogens is 424 g/mol. The highest BCUT2D eigenvalue weighted by atomic mass is 35.5. The zero-order valence-electron chi connectivity index (χ0n) is 16.6. The van der Waals surface area contributed by atoms with Crippen LogP contribution in [0, 0.1) is 0 Å². The van der Waals surface area contributed by atoms with Gasteiger partial charge in [-0.3, -0.25) is 9.80 Å². The highest BCUT2D eigenvalue weighted by Crippen LogP contribution is 2.19. The van der Waals surface area contributed by atoms with E-state index < -0.39 is 6.10 Å². The quantitative estimate of drug-likeness (QED) is 0.539. The summed E-state index contributed by atoms with van der Waals surface area (Å²) in [5.41, 5.74) is 0.884. The van der Waals surface area contributed by atoms with E-state index in [4.69, 9.17) is 20.9 Å². The predicted octanol–water partition coefficient (Wildman–Crippen LogP) is 3.15. The first-order valence-electron chi connectivity index (χ1n) is 9.97. The van der Waals surface area contributed by atoms with Crippen molar-refractivity contribution in [3.05, 3.63) is 57.6 Å². The zero-order valence-corrected chi connectivity index (χ0v) is 18.2. The van der Waals surface area contributed by atoms with Gasteiger partial charge in [-0.25, -0.2) is 0 Å². The normalized spacial score (nSPS) is 16.7. The zero-order chi connectivity index (χ0) is 20.8. The van der Waals surface area contributed by atoms with Crippen molar-refractivity contribution >= 4 is 22.9 Å². The van der Waals surface area contributed by atoms with E-state index in [1.54, 1.807) is 11.3 Å². The topological polar surface area (TPSA) is 74.9 Å². The Labute approximate surface area is 184 Å². The monoisotopic (exact) mass is 448 g/mol. The molecule has 1 fully saturated rings. The van der Waals surface area contributed by atoms with Gasteiger partial charge in [0.05, 0.1) is 25.9 Å². The number of piperazine rings is 1. The Morgan fingerprint density at radius 1 is 1.13 bits per heavy atom. The molecule has 0 aliphatic carbocycles. The summed E-state index contributed by atoms with van der Waals surface area (Å²) in [6.45, 7) is 5.72. The molecule has 9 heteroatoms. The molecule has 0 bridgehead atoms. The molecule has 1 unspecified atom stereocenters. The summed E-state index contributed by atoms with van der Waals surface area (Å²) in [7, 11) is 0. The number of thiophene rings is 1. The van der Waals surface area contributed by atoms with Gasteiger partial charge in [-0.1, -0.05) is 22.8 Å². The van der Waals surface area contributed by atoms with Gasteiger partial charge in [0.1, 0.15) is 0 Å². The summed E-state index contributed by atoms with van der Waals surface area (Å²) in [6.07, 6.45) is -0.477. The van der Waals surface area contributed by atoms with Crippen LogP contribution in [0.15, 0.2) is 46.3 Å². The Morgan fingerprint density at radius 3 is 2.63 bits per heavy atom. The molecule has 1 aliphatic heterocycles. The molecule has 0 amide bonds. The van der Waals surface area contributed by atoms with Gasteiger partial charge in [0.15, 0.2) is 0 Å². The second-order valence-electron chi connectivity index (χ2n) is 7.34. The van der Waals surface area contributed by atoms with Crippen molar-refractivity contribution in [3.8, 4) is 11.4 Å². The molecule has 1 atom stereocenters. The molecule has 1 saturated heterocycles. The van der Waals surface area contributed by atoms with Crippen molar-refractivity contribution in [2.75, 3.05) is 39.3 Å². The van der Waals surface area contributed by atoms with E-state index in [1.807, 2.05) is 41.8 Å². The van der Waals surface area contributed by atoms with Gasteiger partial charge >= 0.3 is 0 Å². The summed E-state index contributed by atoms with van der Waals surface area (Å²) in [5, 5.41) is 17.0. The summed E-state index contributed by atoms with van der Waals surface area (Å²) >= 11 is 7.59. The van der Waals surface area contributed by atoms with E-state index in [2.05, 4.69) is 19.9 Å². The molecule has 3 aromatic rings. The van der Waals surface area contributed by atoms with Crippen molar-refractivity contribution in [2.24, 2.45) is 0 Å². The SMILES string of the molecule is OC(COCc1cccs1)CN1CCN(Cc2nc(-c3ccc(Cl)cc3)no2)CC1. The maximum atomic E-state index is 10.2. The minimum Gasteiger partial charge on any atom is -0.389 e. The molecule has 30 heavy (non-hydrogen) atoms. The third-order valence-corrected chi connectivity index (χ3v) is 6.10.